The molecule has 0 aliphatic carbocycles. The minimum atomic E-state index is 0.0128. The quantitative estimate of drug-likeness (QED) is 0.782. The molecule has 2 aliphatic heterocycles. The van der Waals surface area contributed by atoms with Gasteiger partial charge < -0.3 is 19.5 Å². The van der Waals surface area contributed by atoms with Gasteiger partial charge in [-0.25, -0.2) is 0 Å². The first-order valence-electron chi connectivity index (χ1n) is 9.06. The fourth-order valence-corrected chi connectivity index (χ4v) is 3.59. The highest BCUT2D eigenvalue weighted by molar-refractivity contribution is 5.77. The summed E-state index contributed by atoms with van der Waals surface area (Å²) >= 11 is 0. The summed E-state index contributed by atoms with van der Waals surface area (Å²) in [6.07, 6.45) is 0. The number of carbonyl (C=O) groups is 1. The summed E-state index contributed by atoms with van der Waals surface area (Å²) in [5.41, 5.74) is 1.06. The molecule has 2 aliphatic rings. The lowest BCUT2D eigenvalue weighted by Crippen LogP contribution is -2.41. The van der Waals surface area contributed by atoms with Crippen LogP contribution in [-0.2, 0) is 20.9 Å². The third-order valence-electron chi connectivity index (χ3n) is 5.10. The Morgan fingerprint density at radius 2 is 1.88 bits per heavy atom. The molecule has 0 radical (unpaired) electrons. The number of hydrogen-bond donors (Lipinski definition) is 1. The van der Waals surface area contributed by atoms with Crippen molar-refractivity contribution in [2.45, 2.75) is 6.61 Å². The van der Waals surface area contributed by atoms with Gasteiger partial charge in [0, 0.05) is 45.2 Å². The molecule has 6 heteroatoms. The zero-order chi connectivity index (χ0) is 17.5. The van der Waals surface area contributed by atoms with E-state index in [4.69, 9.17) is 9.47 Å². The first-order chi connectivity index (χ1) is 12.3. The molecule has 1 aromatic carbocycles. The van der Waals surface area contributed by atoms with Crippen molar-refractivity contribution in [3.8, 4) is 0 Å². The molecule has 3 rings (SSSR count). The van der Waals surface area contributed by atoms with E-state index in [9.17, 15) is 9.90 Å². The molecule has 6 nitrogen and oxygen atoms in total. The molecule has 25 heavy (non-hydrogen) atoms. The van der Waals surface area contributed by atoms with Gasteiger partial charge in [-0.1, -0.05) is 30.3 Å². The minimum absolute atomic E-state index is 0.0128. The van der Waals surface area contributed by atoms with Gasteiger partial charge in [-0.3, -0.25) is 9.69 Å². The van der Waals surface area contributed by atoms with Gasteiger partial charge in [-0.15, -0.1) is 0 Å². The van der Waals surface area contributed by atoms with Crippen molar-refractivity contribution in [3.63, 3.8) is 0 Å². The molecule has 2 atom stereocenters. The Kier molecular flexibility index (Phi) is 6.81. The van der Waals surface area contributed by atoms with Crippen molar-refractivity contribution in [1.82, 2.24) is 9.80 Å². The van der Waals surface area contributed by atoms with Crippen LogP contribution in [0.1, 0.15) is 5.56 Å². The highest BCUT2D eigenvalue weighted by atomic mass is 16.5. The molecule has 2 heterocycles. The number of benzene rings is 1. The highest BCUT2D eigenvalue weighted by Crippen LogP contribution is 2.24. The molecular formula is C19H28N2O4. The molecule has 1 N–H and O–H groups in total. The van der Waals surface area contributed by atoms with Gasteiger partial charge in [0.05, 0.1) is 19.8 Å². The number of hydrogen-bond acceptors (Lipinski definition) is 5. The van der Waals surface area contributed by atoms with E-state index < -0.39 is 0 Å². The Bertz CT molecular complexity index is 533. The lowest BCUT2D eigenvalue weighted by molar-refractivity contribution is -0.135. The minimum Gasteiger partial charge on any atom is -0.396 e. The molecule has 2 fully saturated rings. The molecule has 1 aromatic rings. The van der Waals surface area contributed by atoms with Crippen LogP contribution in [0.2, 0.25) is 0 Å². The summed E-state index contributed by atoms with van der Waals surface area (Å²) in [4.78, 5) is 16.6. The molecule has 2 unspecified atom stereocenters. The molecule has 138 valence electrons. The summed E-state index contributed by atoms with van der Waals surface area (Å²) in [5, 5.41) is 9.68. The first kappa shape index (κ1) is 18.3. The summed E-state index contributed by atoms with van der Waals surface area (Å²) in [7, 11) is 0. The number of morpholine rings is 1. The number of carbonyl (C=O) groups excluding carboxylic acids is 1. The van der Waals surface area contributed by atoms with Crippen LogP contribution in [0, 0.1) is 11.8 Å². The van der Waals surface area contributed by atoms with Gasteiger partial charge >= 0.3 is 0 Å². The Morgan fingerprint density at radius 3 is 2.60 bits per heavy atom. The number of amides is 1. The number of rotatable bonds is 7. The molecule has 1 amide bonds. The standard InChI is InChI=1S/C19H28N2O4/c22-13-18-12-21(11-17(18)10-20-6-8-24-9-7-20)19(23)15-25-14-16-4-2-1-3-5-16/h1-5,17-18,22H,6-15H2. The van der Waals surface area contributed by atoms with Crippen LogP contribution in [0.25, 0.3) is 0 Å². The smallest absolute Gasteiger partial charge is 0.248 e. The van der Waals surface area contributed by atoms with Crippen LogP contribution in [0.3, 0.4) is 0 Å². The van der Waals surface area contributed by atoms with Gasteiger partial charge in [0.25, 0.3) is 0 Å². The Labute approximate surface area is 149 Å². The number of nitrogens with zero attached hydrogens (tertiary/aromatic N) is 2. The molecule has 0 saturated carbocycles. The van der Waals surface area contributed by atoms with Crippen LogP contribution in [0.15, 0.2) is 30.3 Å². The van der Waals surface area contributed by atoms with Crippen molar-refractivity contribution in [2.75, 3.05) is 59.2 Å². The maximum Gasteiger partial charge on any atom is 0.248 e. The largest absolute Gasteiger partial charge is 0.396 e. The lowest BCUT2D eigenvalue weighted by atomic mass is 9.96. The van der Waals surface area contributed by atoms with Crippen molar-refractivity contribution >= 4 is 5.91 Å². The van der Waals surface area contributed by atoms with E-state index in [2.05, 4.69) is 4.90 Å². The molecule has 0 spiro atoms. The average molecular weight is 348 g/mol. The third-order valence-corrected chi connectivity index (χ3v) is 5.10. The predicted molar refractivity (Wildman–Crippen MR) is 94.0 cm³/mol. The summed E-state index contributed by atoms with van der Waals surface area (Å²) < 4.78 is 11.0. The second kappa shape index (κ2) is 9.29. The van der Waals surface area contributed by atoms with Crippen LogP contribution in [0.4, 0.5) is 0 Å². The first-order valence-corrected chi connectivity index (χ1v) is 9.06. The summed E-state index contributed by atoms with van der Waals surface area (Å²) in [5.74, 6) is 0.487. The molecule has 2 saturated heterocycles. The van der Waals surface area contributed by atoms with Crippen molar-refractivity contribution in [3.05, 3.63) is 35.9 Å². The van der Waals surface area contributed by atoms with Crippen molar-refractivity contribution in [1.29, 1.82) is 0 Å². The van der Waals surface area contributed by atoms with Crippen LogP contribution < -0.4 is 0 Å². The fraction of sp³-hybridized carbons (Fsp3) is 0.632. The topological polar surface area (TPSA) is 62.2 Å². The van der Waals surface area contributed by atoms with E-state index in [0.717, 1.165) is 38.4 Å². The van der Waals surface area contributed by atoms with Gasteiger partial charge in [-0.05, 0) is 11.5 Å². The third kappa shape index (κ3) is 5.25. The maximum absolute atomic E-state index is 12.4. The second-order valence-electron chi connectivity index (χ2n) is 6.89. The molecule has 0 bridgehead atoms. The van der Waals surface area contributed by atoms with Gasteiger partial charge in [0.2, 0.25) is 5.91 Å². The number of aliphatic hydroxyl groups excluding tert-OH is 1. The highest BCUT2D eigenvalue weighted by Gasteiger charge is 2.35. The predicted octanol–water partition coefficient (Wildman–Crippen LogP) is 0.602. The monoisotopic (exact) mass is 348 g/mol. The van der Waals surface area contributed by atoms with Crippen molar-refractivity contribution in [2.24, 2.45) is 11.8 Å². The number of aliphatic hydroxyl groups is 1. The van der Waals surface area contributed by atoms with E-state index in [1.807, 2.05) is 35.2 Å². The Hall–Kier alpha value is -1.47. The average Bonchev–Trinajstić information content (AvgIpc) is 3.06. The van der Waals surface area contributed by atoms with Crippen LogP contribution in [0.5, 0.6) is 0 Å². The van der Waals surface area contributed by atoms with Gasteiger partial charge in [0.1, 0.15) is 6.61 Å². The van der Waals surface area contributed by atoms with E-state index in [0.29, 0.717) is 25.6 Å². The van der Waals surface area contributed by atoms with Crippen LogP contribution >= 0.6 is 0 Å². The summed E-state index contributed by atoms with van der Waals surface area (Å²) in [6.45, 7) is 6.32. The van der Waals surface area contributed by atoms with Gasteiger partial charge in [0.15, 0.2) is 0 Å². The van der Waals surface area contributed by atoms with Gasteiger partial charge in [-0.2, -0.15) is 0 Å². The second-order valence-corrected chi connectivity index (χ2v) is 6.89. The SMILES string of the molecule is O=C(COCc1ccccc1)N1CC(CO)C(CN2CCOCC2)C1. The zero-order valence-corrected chi connectivity index (χ0v) is 14.7. The fourth-order valence-electron chi connectivity index (χ4n) is 3.59. The lowest BCUT2D eigenvalue weighted by Gasteiger charge is -2.30. The normalized spacial score (nSPS) is 24.6. The summed E-state index contributed by atoms with van der Waals surface area (Å²) in [6, 6.07) is 9.86. The molecular weight excluding hydrogens is 320 g/mol. The number of ether oxygens (including phenoxy) is 2. The zero-order valence-electron chi connectivity index (χ0n) is 14.7. The maximum atomic E-state index is 12.4. The Balaban J connectivity index is 1.44. The Morgan fingerprint density at radius 1 is 1.16 bits per heavy atom. The van der Waals surface area contributed by atoms with Crippen LogP contribution in [-0.4, -0.2) is 80.0 Å². The van der Waals surface area contributed by atoms with E-state index in [-0.39, 0.29) is 25.0 Å². The number of likely N-dealkylation sites (tertiary alicyclic amines) is 1. The van der Waals surface area contributed by atoms with E-state index >= 15 is 0 Å². The van der Waals surface area contributed by atoms with E-state index in [1.165, 1.54) is 0 Å². The van der Waals surface area contributed by atoms with Crippen molar-refractivity contribution < 1.29 is 19.4 Å². The van der Waals surface area contributed by atoms with E-state index in [1.54, 1.807) is 0 Å². The molecule has 0 aromatic heterocycles.